The summed E-state index contributed by atoms with van der Waals surface area (Å²) in [4.78, 5) is 18.0. The summed E-state index contributed by atoms with van der Waals surface area (Å²) in [5.74, 6) is 0.0303. The van der Waals surface area contributed by atoms with E-state index in [1.165, 1.54) is 16.2 Å². The van der Waals surface area contributed by atoms with Crippen molar-refractivity contribution in [1.29, 1.82) is 0 Å². The molecule has 2 heterocycles. The lowest BCUT2D eigenvalue weighted by Crippen LogP contribution is -2.11. The molecule has 0 aliphatic heterocycles. The molecule has 0 saturated heterocycles. The third-order valence-electron chi connectivity index (χ3n) is 2.05. The molecule has 2 aromatic heterocycles. The smallest absolute Gasteiger partial charge is 0.226 e. The predicted octanol–water partition coefficient (Wildman–Crippen LogP) is 3.08. The molecule has 1 amide bonds. The second-order valence-corrected chi connectivity index (χ2v) is 5.67. The fourth-order valence-corrected chi connectivity index (χ4v) is 2.68. The van der Waals surface area contributed by atoms with Crippen LogP contribution in [0.4, 0.5) is 5.13 Å². The van der Waals surface area contributed by atoms with Gasteiger partial charge in [0.05, 0.1) is 0 Å². The number of amides is 1. The quantitative estimate of drug-likeness (QED) is 0.908. The van der Waals surface area contributed by atoms with Gasteiger partial charge in [-0.25, -0.2) is 4.98 Å². The van der Waals surface area contributed by atoms with Crippen molar-refractivity contribution in [2.45, 2.75) is 19.8 Å². The first-order valence-corrected chi connectivity index (χ1v) is 6.68. The van der Waals surface area contributed by atoms with Gasteiger partial charge < -0.3 is 5.32 Å². The molecule has 0 aromatic carbocycles. The normalized spacial score (nSPS) is 10.3. The number of nitrogens with one attached hydrogen (secondary N) is 1. The van der Waals surface area contributed by atoms with Gasteiger partial charge in [0, 0.05) is 22.4 Å². The second-order valence-electron chi connectivity index (χ2n) is 3.40. The van der Waals surface area contributed by atoms with E-state index in [1.54, 1.807) is 17.5 Å². The van der Waals surface area contributed by atoms with Crippen molar-refractivity contribution in [2.75, 3.05) is 5.32 Å². The summed E-state index contributed by atoms with van der Waals surface area (Å²) in [5.41, 5.74) is 0. The molecular weight excluding hydrogens is 240 g/mol. The van der Waals surface area contributed by atoms with Gasteiger partial charge in [0.15, 0.2) is 5.13 Å². The number of aromatic nitrogens is 1. The molecule has 2 rings (SSSR count). The summed E-state index contributed by atoms with van der Waals surface area (Å²) < 4.78 is 0. The lowest BCUT2D eigenvalue weighted by atomic mass is 10.2. The van der Waals surface area contributed by atoms with Crippen LogP contribution in [0.1, 0.15) is 16.2 Å². The number of nitrogens with zero attached hydrogens (tertiary/aromatic N) is 1. The zero-order valence-electron chi connectivity index (χ0n) is 8.90. The van der Waals surface area contributed by atoms with Crippen molar-refractivity contribution >= 4 is 33.7 Å². The van der Waals surface area contributed by atoms with Gasteiger partial charge in [0.2, 0.25) is 5.91 Å². The molecule has 0 bridgehead atoms. The Bertz CT molecular complexity index is 462. The Kier molecular flexibility index (Phi) is 3.69. The summed E-state index contributed by atoms with van der Waals surface area (Å²) in [6.07, 6.45) is 3.08. The van der Waals surface area contributed by atoms with Crippen molar-refractivity contribution in [3.05, 3.63) is 33.5 Å². The highest BCUT2D eigenvalue weighted by molar-refractivity contribution is 7.15. The van der Waals surface area contributed by atoms with Crippen LogP contribution in [-0.4, -0.2) is 10.9 Å². The van der Waals surface area contributed by atoms with E-state index in [1.807, 2.05) is 24.4 Å². The van der Waals surface area contributed by atoms with E-state index >= 15 is 0 Å². The van der Waals surface area contributed by atoms with Crippen molar-refractivity contribution < 1.29 is 4.79 Å². The summed E-state index contributed by atoms with van der Waals surface area (Å²) in [5, 5.41) is 5.51. The highest BCUT2D eigenvalue weighted by atomic mass is 32.1. The first-order chi connectivity index (χ1) is 7.74. The van der Waals surface area contributed by atoms with E-state index < -0.39 is 0 Å². The predicted molar refractivity (Wildman–Crippen MR) is 68.1 cm³/mol. The minimum Gasteiger partial charge on any atom is -0.302 e. The Balaban J connectivity index is 1.81. The van der Waals surface area contributed by atoms with E-state index in [2.05, 4.69) is 10.3 Å². The highest BCUT2D eigenvalue weighted by Gasteiger charge is 2.05. The number of carbonyl (C=O) groups excluding carboxylic acids is 1. The van der Waals surface area contributed by atoms with Crippen LogP contribution < -0.4 is 5.32 Å². The molecule has 0 unspecified atom stereocenters. The van der Waals surface area contributed by atoms with Crippen LogP contribution in [0.5, 0.6) is 0 Å². The molecule has 0 aliphatic rings. The average molecular weight is 252 g/mol. The maximum Gasteiger partial charge on any atom is 0.226 e. The summed E-state index contributed by atoms with van der Waals surface area (Å²) in [7, 11) is 0. The lowest BCUT2D eigenvalue weighted by molar-refractivity contribution is -0.116. The van der Waals surface area contributed by atoms with Crippen LogP contribution in [0.3, 0.4) is 0 Å². The number of rotatable bonds is 4. The Morgan fingerprint density at radius 1 is 1.56 bits per heavy atom. The number of aryl methyl sites for hydroxylation is 2. The molecule has 2 aromatic rings. The van der Waals surface area contributed by atoms with E-state index in [0.717, 1.165) is 11.3 Å². The molecular formula is C11H12N2OS2. The van der Waals surface area contributed by atoms with Crippen LogP contribution >= 0.6 is 22.7 Å². The van der Waals surface area contributed by atoms with E-state index in [0.29, 0.717) is 11.6 Å². The molecule has 0 atom stereocenters. The van der Waals surface area contributed by atoms with Gasteiger partial charge in [-0.15, -0.1) is 22.7 Å². The molecule has 1 N–H and O–H groups in total. The van der Waals surface area contributed by atoms with Gasteiger partial charge in [0.25, 0.3) is 0 Å². The van der Waals surface area contributed by atoms with Gasteiger partial charge in [-0.2, -0.15) is 0 Å². The van der Waals surface area contributed by atoms with Gasteiger partial charge in [-0.1, -0.05) is 6.07 Å². The van der Waals surface area contributed by atoms with Crippen LogP contribution in [0.15, 0.2) is 23.7 Å². The molecule has 0 radical (unpaired) electrons. The Morgan fingerprint density at radius 3 is 3.06 bits per heavy atom. The van der Waals surface area contributed by atoms with Crippen molar-refractivity contribution in [3.8, 4) is 0 Å². The molecule has 0 fully saturated rings. The topological polar surface area (TPSA) is 42.0 Å². The van der Waals surface area contributed by atoms with Crippen molar-refractivity contribution in [3.63, 3.8) is 0 Å². The number of hydrogen-bond donors (Lipinski definition) is 1. The first kappa shape index (κ1) is 11.3. The van der Waals surface area contributed by atoms with E-state index in [4.69, 9.17) is 0 Å². The second kappa shape index (κ2) is 5.23. The number of hydrogen-bond acceptors (Lipinski definition) is 4. The fraction of sp³-hybridized carbons (Fsp3) is 0.273. The number of thiophene rings is 1. The third-order valence-corrected chi connectivity index (χ3v) is 3.81. The Morgan fingerprint density at radius 2 is 2.44 bits per heavy atom. The zero-order valence-corrected chi connectivity index (χ0v) is 10.5. The monoisotopic (exact) mass is 252 g/mol. The molecule has 0 aliphatic carbocycles. The van der Waals surface area contributed by atoms with E-state index in [9.17, 15) is 4.79 Å². The van der Waals surface area contributed by atoms with Gasteiger partial charge >= 0.3 is 0 Å². The van der Waals surface area contributed by atoms with Gasteiger partial charge in [-0.05, 0) is 24.8 Å². The molecule has 0 spiro atoms. The average Bonchev–Trinajstić information content (AvgIpc) is 2.87. The molecule has 84 valence electrons. The maximum absolute atomic E-state index is 11.6. The highest BCUT2D eigenvalue weighted by Crippen LogP contribution is 2.17. The van der Waals surface area contributed by atoms with Crippen LogP contribution in [0.2, 0.25) is 0 Å². The Hall–Kier alpha value is -1.20. The van der Waals surface area contributed by atoms with Crippen LogP contribution in [0, 0.1) is 6.92 Å². The van der Waals surface area contributed by atoms with Gasteiger partial charge in [0.1, 0.15) is 0 Å². The molecule has 3 nitrogen and oxygen atoms in total. The lowest BCUT2D eigenvalue weighted by Gasteiger charge is -1.99. The number of anilines is 1. The Labute approximate surface area is 102 Å². The van der Waals surface area contributed by atoms with E-state index in [-0.39, 0.29) is 5.91 Å². The number of thiazole rings is 1. The molecule has 16 heavy (non-hydrogen) atoms. The van der Waals surface area contributed by atoms with Crippen molar-refractivity contribution in [2.24, 2.45) is 0 Å². The fourth-order valence-electron chi connectivity index (χ4n) is 1.29. The molecule has 5 heteroatoms. The minimum absolute atomic E-state index is 0.0303. The summed E-state index contributed by atoms with van der Waals surface area (Å²) in [6, 6.07) is 4.05. The minimum atomic E-state index is 0.0303. The number of carbonyl (C=O) groups is 1. The van der Waals surface area contributed by atoms with Crippen LogP contribution in [0.25, 0.3) is 0 Å². The zero-order chi connectivity index (χ0) is 11.4. The van der Waals surface area contributed by atoms with Crippen LogP contribution in [-0.2, 0) is 11.2 Å². The van der Waals surface area contributed by atoms with Crippen molar-refractivity contribution in [1.82, 2.24) is 4.98 Å². The van der Waals surface area contributed by atoms with Gasteiger partial charge in [-0.3, -0.25) is 4.79 Å². The summed E-state index contributed by atoms with van der Waals surface area (Å²) >= 11 is 3.18. The maximum atomic E-state index is 11.6. The standard InChI is InChI=1S/C11H12N2OS2/c1-8-7-12-11(16-8)13-10(14)5-4-9-3-2-6-15-9/h2-3,6-7H,4-5H2,1H3,(H,12,13,14). The summed E-state index contributed by atoms with van der Waals surface area (Å²) in [6.45, 7) is 1.97. The first-order valence-electron chi connectivity index (χ1n) is 4.99. The SMILES string of the molecule is Cc1cnc(NC(=O)CCc2cccs2)s1. The third kappa shape index (κ3) is 3.15. The largest absolute Gasteiger partial charge is 0.302 e. The molecule has 0 saturated carbocycles.